The third-order valence-corrected chi connectivity index (χ3v) is 3.80. The van der Waals surface area contributed by atoms with Crippen LogP contribution in [0.5, 0.6) is 0 Å². The first-order valence-electron chi connectivity index (χ1n) is 7.06. The Labute approximate surface area is 125 Å². The fourth-order valence-electron chi connectivity index (χ4n) is 2.22. The van der Waals surface area contributed by atoms with Crippen molar-refractivity contribution in [1.29, 1.82) is 0 Å². The van der Waals surface area contributed by atoms with Gasteiger partial charge in [0.25, 0.3) is 0 Å². The van der Waals surface area contributed by atoms with E-state index in [0.29, 0.717) is 19.4 Å². The Balaban J connectivity index is 1.62. The summed E-state index contributed by atoms with van der Waals surface area (Å²) < 4.78 is 5.28. The summed E-state index contributed by atoms with van der Waals surface area (Å²) in [6, 6.07) is 7.66. The third kappa shape index (κ3) is 5.12. The maximum atomic E-state index is 11.8. The van der Waals surface area contributed by atoms with Gasteiger partial charge in [0.05, 0.1) is 13.2 Å². The van der Waals surface area contributed by atoms with Gasteiger partial charge in [0, 0.05) is 37.6 Å². The number of ether oxygens (including phenoxy) is 1. The highest BCUT2D eigenvalue weighted by atomic mass is 35.5. The van der Waals surface area contributed by atoms with E-state index in [4.69, 9.17) is 16.3 Å². The van der Waals surface area contributed by atoms with Crippen molar-refractivity contribution in [2.45, 2.75) is 12.8 Å². The van der Waals surface area contributed by atoms with Gasteiger partial charge in [-0.1, -0.05) is 29.8 Å². The van der Waals surface area contributed by atoms with Gasteiger partial charge in [-0.3, -0.25) is 9.69 Å². The lowest BCUT2D eigenvalue weighted by Gasteiger charge is -2.26. The summed E-state index contributed by atoms with van der Waals surface area (Å²) in [6.45, 7) is 5.08. The van der Waals surface area contributed by atoms with Crippen molar-refractivity contribution in [2.24, 2.45) is 0 Å². The first kappa shape index (κ1) is 15.3. The molecule has 0 bridgehead atoms. The lowest BCUT2D eigenvalue weighted by Crippen LogP contribution is -2.41. The number of hydrogen-bond acceptors (Lipinski definition) is 3. The first-order valence-corrected chi connectivity index (χ1v) is 7.44. The first-order chi connectivity index (χ1) is 9.75. The Morgan fingerprint density at radius 2 is 2.05 bits per heavy atom. The molecule has 1 saturated heterocycles. The zero-order chi connectivity index (χ0) is 14.2. The SMILES string of the molecule is O=C(CCc1ccccc1Cl)NCCN1CCOCC1. The highest BCUT2D eigenvalue weighted by molar-refractivity contribution is 6.31. The number of aryl methyl sites for hydroxylation is 1. The second-order valence-electron chi connectivity index (χ2n) is 4.90. The lowest BCUT2D eigenvalue weighted by atomic mass is 10.1. The van der Waals surface area contributed by atoms with E-state index in [-0.39, 0.29) is 5.91 Å². The van der Waals surface area contributed by atoms with Crippen molar-refractivity contribution in [2.75, 3.05) is 39.4 Å². The number of amides is 1. The summed E-state index contributed by atoms with van der Waals surface area (Å²) in [5.74, 6) is 0.0816. The smallest absolute Gasteiger partial charge is 0.220 e. The normalized spacial score (nSPS) is 16.1. The molecule has 1 aromatic carbocycles. The molecule has 5 heteroatoms. The van der Waals surface area contributed by atoms with Crippen molar-refractivity contribution >= 4 is 17.5 Å². The van der Waals surface area contributed by atoms with Crippen LogP contribution >= 0.6 is 11.6 Å². The minimum atomic E-state index is 0.0816. The molecular formula is C15H21ClN2O2. The molecule has 1 heterocycles. The van der Waals surface area contributed by atoms with Gasteiger partial charge in [-0.15, -0.1) is 0 Å². The van der Waals surface area contributed by atoms with E-state index in [1.807, 2.05) is 24.3 Å². The second-order valence-corrected chi connectivity index (χ2v) is 5.30. The summed E-state index contributed by atoms with van der Waals surface area (Å²) in [5.41, 5.74) is 1.03. The third-order valence-electron chi connectivity index (χ3n) is 3.43. The summed E-state index contributed by atoms with van der Waals surface area (Å²) in [7, 11) is 0. The zero-order valence-electron chi connectivity index (χ0n) is 11.6. The summed E-state index contributed by atoms with van der Waals surface area (Å²) in [4.78, 5) is 14.1. The molecule has 4 nitrogen and oxygen atoms in total. The molecule has 1 aromatic rings. The number of morpholine rings is 1. The number of hydrogen-bond donors (Lipinski definition) is 1. The molecule has 110 valence electrons. The van der Waals surface area contributed by atoms with Crippen LogP contribution in [0.15, 0.2) is 24.3 Å². The van der Waals surface area contributed by atoms with E-state index < -0.39 is 0 Å². The zero-order valence-corrected chi connectivity index (χ0v) is 12.4. The monoisotopic (exact) mass is 296 g/mol. The van der Waals surface area contributed by atoms with E-state index in [0.717, 1.165) is 43.4 Å². The average molecular weight is 297 g/mol. The number of benzene rings is 1. The van der Waals surface area contributed by atoms with Crippen LogP contribution in [0.4, 0.5) is 0 Å². The number of carbonyl (C=O) groups excluding carboxylic acids is 1. The van der Waals surface area contributed by atoms with Crippen LogP contribution in [0.1, 0.15) is 12.0 Å². The van der Waals surface area contributed by atoms with Gasteiger partial charge < -0.3 is 10.1 Å². The molecule has 2 rings (SSSR count). The minimum absolute atomic E-state index is 0.0816. The van der Waals surface area contributed by atoms with Crippen molar-refractivity contribution < 1.29 is 9.53 Å². The molecule has 0 aromatic heterocycles. The fourth-order valence-corrected chi connectivity index (χ4v) is 2.45. The number of halogens is 1. The fraction of sp³-hybridized carbons (Fsp3) is 0.533. The van der Waals surface area contributed by atoms with Crippen molar-refractivity contribution in [3.05, 3.63) is 34.9 Å². The van der Waals surface area contributed by atoms with E-state index in [9.17, 15) is 4.79 Å². The Kier molecular flexibility index (Phi) is 6.30. The molecule has 1 fully saturated rings. The van der Waals surface area contributed by atoms with Crippen LogP contribution in [0, 0.1) is 0 Å². The van der Waals surface area contributed by atoms with E-state index in [2.05, 4.69) is 10.2 Å². The Morgan fingerprint density at radius 3 is 2.80 bits per heavy atom. The quantitative estimate of drug-likeness (QED) is 0.869. The highest BCUT2D eigenvalue weighted by Gasteiger charge is 2.10. The molecule has 1 aliphatic heterocycles. The van der Waals surface area contributed by atoms with Crippen LogP contribution in [-0.4, -0.2) is 50.2 Å². The number of nitrogens with one attached hydrogen (secondary N) is 1. The van der Waals surface area contributed by atoms with Crippen LogP contribution < -0.4 is 5.32 Å². The van der Waals surface area contributed by atoms with Gasteiger partial charge in [0.15, 0.2) is 0 Å². The molecule has 0 spiro atoms. The van der Waals surface area contributed by atoms with Crippen molar-refractivity contribution in [1.82, 2.24) is 10.2 Å². The van der Waals surface area contributed by atoms with Crippen molar-refractivity contribution in [3.8, 4) is 0 Å². The molecule has 0 radical (unpaired) electrons. The second kappa shape index (κ2) is 8.25. The number of carbonyl (C=O) groups is 1. The van der Waals surface area contributed by atoms with Crippen molar-refractivity contribution in [3.63, 3.8) is 0 Å². The van der Waals surface area contributed by atoms with Gasteiger partial charge in [-0.05, 0) is 18.1 Å². The topological polar surface area (TPSA) is 41.6 Å². The molecule has 1 aliphatic rings. The average Bonchev–Trinajstić information content (AvgIpc) is 2.47. The molecule has 0 aliphatic carbocycles. The Morgan fingerprint density at radius 1 is 1.30 bits per heavy atom. The maximum Gasteiger partial charge on any atom is 0.220 e. The van der Waals surface area contributed by atoms with Crippen LogP contribution in [0.25, 0.3) is 0 Å². The van der Waals surface area contributed by atoms with Gasteiger partial charge in [0.2, 0.25) is 5.91 Å². The van der Waals surface area contributed by atoms with E-state index in [1.54, 1.807) is 0 Å². The molecule has 0 atom stereocenters. The largest absolute Gasteiger partial charge is 0.379 e. The number of rotatable bonds is 6. The van der Waals surface area contributed by atoms with Gasteiger partial charge in [-0.25, -0.2) is 0 Å². The van der Waals surface area contributed by atoms with E-state index in [1.165, 1.54) is 0 Å². The minimum Gasteiger partial charge on any atom is -0.379 e. The Hall–Kier alpha value is -1.10. The molecule has 0 unspecified atom stereocenters. The maximum absolute atomic E-state index is 11.8. The van der Waals surface area contributed by atoms with Crippen LogP contribution in [0.2, 0.25) is 5.02 Å². The molecule has 1 N–H and O–H groups in total. The predicted molar refractivity (Wildman–Crippen MR) is 80.0 cm³/mol. The standard InChI is InChI=1S/C15H21ClN2O2/c16-14-4-2-1-3-13(14)5-6-15(19)17-7-8-18-9-11-20-12-10-18/h1-4H,5-12H2,(H,17,19). The van der Waals surface area contributed by atoms with Gasteiger partial charge in [0.1, 0.15) is 0 Å². The van der Waals surface area contributed by atoms with Crippen LogP contribution in [0.3, 0.4) is 0 Å². The highest BCUT2D eigenvalue weighted by Crippen LogP contribution is 2.16. The molecule has 0 saturated carbocycles. The van der Waals surface area contributed by atoms with Gasteiger partial charge >= 0.3 is 0 Å². The summed E-state index contributed by atoms with van der Waals surface area (Å²) >= 11 is 6.06. The molecule has 1 amide bonds. The van der Waals surface area contributed by atoms with E-state index >= 15 is 0 Å². The lowest BCUT2D eigenvalue weighted by molar-refractivity contribution is -0.121. The number of nitrogens with zero attached hydrogens (tertiary/aromatic N) is 1. The van der Waals surface area contributed by atoms with Crippen LogP contribution in [-0.2, 0) is 16.0 Å². The Bertz CT molecular complexity index is 434. The molecular weight excluding hydrogens is 276 g/mol. The van der Waals surface area contributed by atoms with Gasteiger partial charge in [-0.2, -0.15) is 0 Å². The molecule has 20 heavy (non-hydrogen) atoms. The summed E-state index contributed by atoms with van der Waals surface area (Å²) in [6.07, 6.45) is 1.16. The summed E-state index contributed by atoms with van der Waals surface area (Å²) in [5, 5.41) is 3.69. The predicted octanol–water partition coefficient (Wildman–Crippen LogP) is 1.72.